The van der Waals surface area contributed by atoms with Crippen LogP contribution in [0.5, 0.6) is 0 Å². The van der Waals surface area contributed by atoms with Crippen molar-refractivity contribution in [3.05, 3.63) is 60.2 Å². The van der Waals surface area contributed by atoms with Crippen LogP contribution in [0.3, 0.4) is 0 Å². The van der Waals surface area contributed by atoms with Crippen LogP contribution in [0.2, 0.25) is 0 Å². The van der Waals surface area contributed by atoms with Gasteiger partial charge in [0.05, 0.1) is 17.8 Å². The van der Waals surface area contributed by atoms with E-state index in [-0.39, 0.29) is 22.7 Å². The molecule has 4 rings (SSSR count). The number of hydrogen-bond acceptors (Lipinski definition) is 6. The molecule has 0 aliphatic carbocycles. The lowest BCUT2D eigenvalue weighted by molar-refractivity contribution is -0.128. The zero-order valence-electron chi connectivity index (χ0n) is 20.5. The minimum atomic E-state index is -3.74. The van der Waals surface area contributed by atoms with Crippen molar-refractivity contribution >= 4 is 27.5 Å². The number of nitrogens with zero attached hydrogens (tertiary/aromatic N) is 3. The molecule has 2 aliphatic heterocycles. The summed E-state index contributed by atoms with van der Waals surface area (Å²) in [6, 6.07) is 15.6. The monoisotopic (exact) mass is 514 g/mol. The van der Waals surface area contributed by atoms with Crippen LogP contribution < -0.4 is 10.2 Å². The highest BCUT2D eigenvalue weighted by atomic mass is 32.2. The Balaban J connectivity index is 1.45. The summed E-state index contributed by atoms with van der Waals surface area (Å²) in [5.74, 6) is -0.944. The molecule has 194 valence electrons. The Morgan fingerprint density at radius 3 is 2.39 bits per heavy atom. The summed E-state index contributed by atoms with van der Waals surface area (Å²) in [7, 11) is -2.24. The minimum absolute atomic E-state index is 0.0675. The highest BCUT2D eigenvalue weighted by Crippen LogP contribution is 2.29. The van der Waals surface area contributed by atoms with E-state index in [1.807, 2.05) is 30.3 Å². The molecule has 2 aromatic carbocycles. The zero-order chi connectivity index (χ0) is 25.7. The number of anilines is 1. The summed E-state index contributed by atoms with van der Waals surface area (Å²) in [4.78, 5) is 29.4. The quantitative estimate of drug-likeness (QED) is 0.494. The summed E-state index contributed by atoms with van der Waals surface area (Å²) in [6.07, 6.45) is 1.54. The number of carbonyl (C=O) groups is 2. The van der Waals surface area contributed by atoms with Gasteiger partial charge in [-0.25, -0.2) is 8.42 Å². The van der Waals surface area contributed by atoms with E-state index in [1.165, 1.54) is 22.3 Å². The predicted octanol–water partition coefficient (Wildman–Crippen LogP) is 1.75. The number of aliphatic hydroxyl groups excluding tert-OH is 1. The lowest BCUT2D eigenvalue weighted by atomic mass is 10.1. The van der Waals surface area contributed by atoms with Crippen molar-refractivity contribution < 1.29 is 23.1 Å². The number of β-amino-alcohol motifs (C(OH)–C–C–N with tert-alkyl or cyclic N) is 1. The van der Waals surface area contributed by atoms with E-state index >= 15 is 0 Å². The molecule has 2 atom stereocenters. The van der Waals surface area contributed by atoms with Crippen molar-refractivity contribution in [1.29, 1.82) is 0 Å². The maximum atomic E-state index is 13.2. The van der Waals surface area contributed by atoms with E-state index in [9.17, 15) is 23.1 Å². The van der Waals surface area contributed by atoms with Crippen LogP contribution >= 0.6 is 0 Å². The fourth-order valence-corrected chi connectivity index (χ4v) is 6.55. The van der Waals surface area contributed by atoms with Crippen LogP contribution in [0.25, 0.3) is 0 Å². The molecular formula is C26H34N4O5S. The zero-order valence-corrected chi connectivity index (χ0v) is 21.4. The number of likely N-dealkylation sites (tertiary alicyclic amines) is 1. The van der Waals surface area contributed by atoms with Gasteiger partial charge in [-0.15, -0.1) is 0 Å². The molecule has 36 heavy (non-hydrogen) atoms. The first-order chi connectivity index (χ1) is 17.3. The summed E-state index contributed by atoms with van der Waals surface area (Å²) in [5, 5.41) is 12.8. The Kier molecular flexibility index (Phi) is 8.40. The number of hydrogen-bond donors (Lipinski definition) is 2. The van der Waals surface area contributed by atoms with Crippen molar-refractivity contribution in [1.82, 2.24) is 14.5 Å². The van der Waals surface area contributed by atoms with Crippen LogP contribution in [0, 0.1) is 0 Å². The summed E-state index contributed by atoms with van der Waals surface area (Å²) >= 11 is 0. The largest absolute Gasteiger partial charge is 0.392 e. The molecule has 0 unspecified atom stereocenters. The number of nitrogens with one attached hydrogen (secondary N) is 1. The number of carbonyl (C=O) groups excluding carboxylic acids is 2. The molecule has 9 nitrogen and oxygen atoms in total. The van der Waals surface area contributed by atoms with Crippen molar-refractivity contribution in [3.8, 4) is 0 Å². The second kappa shape index (κ2) is 11.5. The molecule has 0 aromatic heterocycles. The molecule has 2 heterocycles. The van der Waals surface area contributed by atoms with Gasteiger partial charge in [-0.2, -0.15) is 4.31 Å². The molecule has 2 N–H and O–H groups in total. The molecule has 0 radical (unpaired) electrons. The fourth-order valence-electron chi connectivity index (χ4n) is 4.81. The lowest BCUT2D eigenvalue weighted by Gasteiger charge is -2.26. The summed E-state index contributed by atoms with van der Waals surface area (Å²) < 4.78 is 27.8. The standard InChI is InChI=1S/C26H34N4O5S/c1-28(23-11-5-6-12-24(23)36(34,35)30-14-7-8-15-30)26(33)17-25(32)27-22(20-9-3-2-4-10-20)19-29-16-13-21(31)18-29/h2-6,9-12,21-22,31H,7-8,13-19H2,1H3,(H,27,32)/t21-,22+/m0/s1. The van der Waals surface area contributed by atoms with Crippen molar-refractivity contribution in [2.45, 2.75) is 42.7 Å². The summed E-state index contributed by atoms with van der Waals surface area (Å²) in [6.45, 7) is 2.73. The Morgan fingerprint density at radius 2 is 1.72 bits per heavy atom. The van der Waals surface area contributed by atoms with Gasteiger partial charge in [0.2, 0.25) is 21.8 Å². The van der Waals surface area contributed by atoms with Gasteiger partial charge >= 0.3 is 0 Å². The Labute approximate surface area is 212 Å². The number of para-hydroxylation sites is 1. The number of rotatable bonds is 9. The van der Waals surface area contributed by atoms with E-state index in [0.29, 0.717) is 32.6 Å². The average Bonchev–Trinajstić information content (AvgIpc) is 3.56. The van der Waals surface area contributed by atoms with E-state index in [4.69, 9.17) is 0 Å². The van der Waals surface area contributed by atoms with Gasteiger partial charge in [0.15, 0.2) is 0 Å². The Bertz CT molecular complexity index is 1170. The highest BCUT2D eigenvalue weighted by Gasteiger charge is 2.31. The molecule has 2 aromatic rings. The van der Waals surface area contributed by atoms with Crippen molar-refractivity contribution in [2.75, 3.05) is 44.7 Å². The maximum absolute atomic E-state index is 13.2. The molecule has 2 fully saturated rings. The van der Waals surface area contributed by atoms with Gasteiger partial charge in [-0.3, -0.25) is 14.5 Å². The van der Waals surface area contributed by atoms with E-state index in [1.54, 1.807) is 18.2 Å². The SMILES string of the molecule is CN(C(=O)CC(=O)N[C@H](CN1CC[C@H](O)C1)c1ccccc1)c1ccccc1S(=O)(=O)N1CCCC1. The van der Waals surface area contributed by atoms with Gasteiger partial charge in [0.25, 0.3) is 0 Å². The number of sulfonamides is 1. The van der Waals surface area contributed by atoms with E-state index in [2.05, 4.69) is 10.2 Å². The molecule has 2 amide bonds. The molecule has 2 aliphatic rings. The Morgan fingerprint density at radius 1 is 1.06 bits per heavy atom. The average molecular weight is 515 g/mol. The molecule has 10 heteroatoms. The first-order valence-corrected chi connectivity index (χ1v) is 13.8. The third-order valence-electron chi connectivity index (χ3n) is 6.82. The van der Waals surface area contributed by atoms with E-state index < -0.39 is 28.3 Å². The van der Waals surface area contributed by atoms with Gasteiger partial charge in [-0.05, 0) is 37.0 Å². The van der Waals surface area contributed by atoms with Crippen LogP contribution in [0.4, 0.5) is 5.69 Å². The third kappa shape index (κ3) is 6.12. The minimum Gasteiger partial charge on any atom is -0.392 e. The lowest BCUT2D eigenvalue weighted by Crippen LogP contribution is -2.40. The fraction of sp³-hybridized carbons (Fsp3) is 0.462. The first-order valence-electron chi connectivity index (χ1n) is 12.4. The topological polar surface area (TPSA) is 110 Å². The smallest absolute Gasteiger partial charge is 0.245 e. The second-order valence-electron chi connectivity index (χ2n) is 9.44. The maximum Gasteiger partial charge on any atom is 0.245 e. The molecular weight excluding hydrogens is 480 g/mol. The number of aliphatic hydroxyl groups is 1. The van der Waals surface area contributed by atoms with Gasteiger partial charge < -0.3 is 15.3 Å². The third-order valence-corrected chi connectivity index (χ3v) is 8.77. The molecule has 0 spiro atoms. The normalized spacial score (nSPS) is 19.8. The molecule has 0 saturated carbocycles. The van der Waals surface area contributed by atoms with Crippen LogP contribution in [-0.4, -0.2) is 80.4 Å². The van der Waals surface area contributed by atoms with Gasteiger partial charge in [-0.1, -0.05) is 42.5 Å². The highest BCUT2D eigenvalue weighted by molar-refractivity contribution is 7.89. The van der Waals surface area contributed by atoms with Crippen molar-refractivity contribution in [2.24, 2.45) is 0 Å². The summed E-state index contributed by atoms with van der Waals surface area (Å²) in [5.41, 5.74) is 1.17. The van der Waals surface area contributed by atoms with Crippen LogP contribution in [0.1, 0.15) is 37.3 Å². The first kappa shape index (κ1) is 26.3. The molecule has 2 saturated heterocycles. The van der Waals surface area contributed by atoms with E-state index in [0.717, 1.165) is 24.9 Å². The number of benzene rings is 2. The predicted molar refractivity (Wildman–Crippen MR) is 137 cm³/mol. The second-order valence-corrected chi connectivity index (χ2v) is 11.3. The Hall–Kier alpha value is -2.79. The van der Waals surface area contributed by atoms with Crippen LogP contribution in [0.15, 0.2) is 59.5 Å². The number of amides is 2. The van der Waals surface area contributed by atoms with Gasteiger partial charge in [0.1, 0.15) is 11.3 Å². The molecule has 0 bridgehead atoms. The van der Waals surface area contributed by atoms with Crippen LogP contribution in [-0.2, 0) is 19.6 Å². The van der Waals surface area contributed by atoms with Gasteiger partial charge in [0, 0.05) is 39.8 Å². The van der Waals surface area contributed by atoms with Crippen molar-refractivity contribution in [3.63, 3.8) is 0 Å².